The molecule has 6 heteroatoms. The Balaban J connectivity index is 1.18. The van der Waals surface area contributed by atoms with Gasteiger partial charge in [0.05, 0.1) is 22.7 Å². The maximum Gasteiger partial charge on any atom is 0.247 e. The number of furan rings is 2. The van der Waals surface area contributed by atoms with E-state index in [9.17, 15) is 0 Å². The van der Waals surface area contributed by atoms with Crippen LogP contribution in [0.1, 0.15) is 33.4 Å². The maximum absolute atomic E-state index is 6.67. The van der Waals surface area contributed by atoms with Crippen molar-refractivity contribution in [2.75, 3.05) is 9.80 Å². The molecule has 284 valence electrons. The maximum atomic E-state index is 6.67. The molecule has 0 saturated carbocycles. The molecule has 0 saturated heterocycles. The van der Waals surface area contributed by atoms with Crippen molar-refractivity contribution in [1.82, 2.24) is 0 Å². The van der Waals surface area contributed by atoms with Crippen LogP contribution in [-0.4, -0.2) is 13.4 Å². The Morgan fingerprint density at radius 2 is 0.750 bits per heavy atom. The topological polar surface area (TPSA) is 32.8 Å². The molecule has 0 aliphatic carbocycles. The van der Waals surface area contributed by atoms with E-state index in [1.807, 2.05) is 0 Å². The number of anilines is 6. The molecule has 10 aromatic rings. The monoisotopic (exact) mass is 770 g/mol. The summed E-state index contributed by atoms with van der Waals surface area (Å²) in [5, 5.41) is 4.55. The smallest absolute Gasteiger partial charge is 0.247 e. The van der Waals surface area contributed by atoms with E-state index in [0.717, 1.165) is 43.9 Å². The highest BCUT2D eigenvalue weighted by Gasteiger charge is 2.47. The van der Waals surface area contributed by atoms with Crippen molar-refractivity contribution in [2.24, 2.45) is 0 Å². The van der Waals surface area contributed by atoms with Gasteiger partial charge in [-0.1, -0.05) is 129 Å². The van der Waals surface area contributed by atoms with Gasteiger partial charge in [0, 0.05) is 32.9 Å². The molecule has 0 unspecified atom stereocenters. The fourth-order valence-corrected chi connectivity index (χ4v) is 11.8. The Labute approximate surface area is 349 Å². The number of benzene rings is 8. The average Bonchev–Trinajstić information content (AvgIpc) is 3.78. The highest BCUT2D eigenvalue weighted by atomic mass is 16.3. The largest absolute Gasteiger partial charge is 0.456 e. The fourth-order valence-electron chi connectivity index (χ4n) is 11.8. The number of hydrogen-bond donors (Lipinski definition) is 0. The summed E-state index contributed by atoms with van der Waals surface area (Å²) in [7, 11) is 0. The van der Waals surface area contributed by atoms with Crippen LogP contribution < -0.4 is 42.6 Å². The normalized spacial score (nSPS) is 13.7. The molecule has 0 atom stereocenters. The summed E-state index contributed by atoms with van der Waals surface area (Å²) in [6.07, 6.45) is 0. The second-order valence-electron chi connectivity index (χ2n) is 17.6. The van der Waals surface area contributed by atoms with Crippen LogP contribution in [0.25, 0.3) is 43.9 Å². The molecular formula is C54H40B2N2O2. The lowest BCUT2D eigenvalue weighted by molar-refractivity contribution is 0.669. The molecular weight excluding hydrogens is 730 g/mol. The molecule has 13 rings (SSSR count). The Morgan fingerprint density at radius 3 is 1.17 bits per heavy atom. The number of para-hydroxylation sites is 4. The third kappa shape index (κ3) is 4.38. The first-order valence-electron chi connectivity index (χ1n) is 21.2. The zero-order valence-corrected chi connectivity index (χ0v) is 34.6. The third-order valence-electron chi connectivity index (χ3n) is 13.9. The van der Waals surface area contributed by atoms with Gasteiger partial charge in [0.15, 0.2) is 0 Å². The lowest BCUT2D eigenvalue weighted by Gasteiger charge is -2.49. The molecule has 60 heavy (non-hydrogen) atoms. The average molecular weight is 771 g/mol. The summed E-state index contributed by atoms with van der Waals surface area (Å²) in [5.74, 6) is 0. The van der Waals surface area contributed by atoms with Crippen LogP contribution in [-0.2, 0) is 0 Å². The molecule has 0 N–H and O–H groups in total. The van der Waals surface area contributed by atoms with Crippen molar-refractivity contribution >= 4 is 124 Å². The number of fused-ring (bicyclic) bond motifs is 12. The van der Waals surface area contributed by atoms with E-state index in [1.165, 1.54) is 100 Å². The van der Waals surface area contributed by atoms with E-state index in [1.54, 1.807) is 0 Å². The highest BCUT2D eigenvalue weighted by Crippen LogP contribution is 2.55. The SMILES string of the molecule is Cc1cc(C)c(B2c3cc4oc5ccccc5c4cc3N3c4cccc5c4N(c4cc6c(cc4B5c4c(C)cc(C)cc4C)oc4ccccc46)c4cccc2c43)c(C)c1. The molecule has 3 aliphatic heterocycles. The van der Waals surface area contributed by atoms with Gasteiger partial charge in [-0.15, -0.1) is 0 Å². The van der Waals surface area contributed by atoms with Gasteiger partial charge in [-0.2, -0.15) is 0 Å². The lowest BCUT2D eigenvalue weighted by Crippen LogP contribution is -2.61. The first kappa shape index (κ1) is 34.0. The minimum absolute atomic E-state index is 0.00990. The van der Waals surface area contributed by atoms with E-state index in [0.29, 0.717) is 0 Å². The summed E-state index contributed by atoms with van der Waals surface area (Å²) in [6, 6.07) is 49.9. The molecule has 4 nitrogen and oxygen atoms in total. The van der Waals surface area contributed by atoms with Crippen molar-refractivity contribution in [1.29, 1.82) is 0 Å². The molecule has 0 amide bonds. The fraction of sp³-hybridized carbons (Fsp3) is 0.111. The summed E-state index contributed by atoms with van der Waals surface area (Å²) in [6.45, 7) is 13.5. The molecule has 0 bridgehead atoms. The van der Waals surface area contributed by atoms with Crippen molar-refractivity contribution in [3.8, 4) is 0 Å². The van der Waals surface area contributed by atoms with Gasteiger partial charge in [0.25, 0.3) is 0 Å². The number of rotatable bonds is 2. The first-order chi connectivity index (χ1) is 29.2. The standard InChI is InChI=1S/C54H40B2N2O2/c1-29-21-31(3)51(32(4)22-29)55-39-15-11-17-43-53(39)57(45-25-37-35-13-7-9-19-47(35)59-49(37)27-41(45)55)44-18-12-16-40-54(44)58(43)46-26-38-36-14-8-10-20-48(36)60-50(38)28-42(46)56(40)52-33(5)23-30(2)24-34(52)6/h7-28H,1-6H3. The van der Waals surface area contributed by atoms with Crippen LogP contribution in [0.5, 0.6) is 0 Å². The third-order valence-corrected chi connectivity index (χ3v) is 13.9. The lowest BCUT2D eigenvalue weighted by atomic mass is 9.33. The van der Waals surface area contributed by atoms with Crippen LogP contribution >= 0.6 is 0 Å². The van der Waals surface area contributed by atoms with E-state index < -0.39 is 0 Å². The van der Waals surface area contributed by atoms with E-state index in [2.05, 4.69) is 185 Å². The number of aryl methyl sites for hydroxylation is 6. The second-order valence-corrected chi connectivity index (χ2v) is 17.6. The van der Waals surface area contributed by atoms with Gasteiger partial charge >= 0.3 is 0 Å². The summed E-state index contributed by atoms with van der Waals surface area (Å²) in [4.78, 5) is 5.18. The van der Waals surface area contributed by atoms with Crippen LogP contribution in [0.2, 0.25) is 0 Å². The van der Waals surface area contributed by atoms with E-state index >= 15 is 0 Å². The molecule has 8 aromatic carbocycles. The van der Waals surface area contributed by atoms with Crippen molar-refractivity contribution < 1.29 is 8.83 Å². The first-order valence-corrected chi connectivity index (χ1v) is 21.2. The van der Waals surface area contributed by atoms with Gasteiger partial charge in [0.1, 0.15) is 22.3 Å². The second kappa shape index (κ2) is 11.9. The quantitative estimate of drug-likeness (QED) is 0.164. The predicted molar refractivity (Wildman–Crippen MR) is 255 cm³/mol. The van der Waals surface area contributed by atoms with Crippen molar-refractivity contribution in [2.45, 2.75) is 41.5 Å². The summed E-state index contributed by atoms with van der Waals surface area (Å²) < 4.78 is 13.3. The van der Waals surface area contributed by atoms with Gasteiger partial charge in [0.2, 0.25) is 13.4 Å². The minimum Gasteiger partial charge on any atom is -0.456 e. The van der Waals surface area contributed by atoms with Crippen LogP contribution in [0.4, 0.5) is 34.1 Å². The van der Waals surface area contributed by atoms with E-state index in [4.69, 9.17) is 8.83 Å². The number of nitrogens with zero attached hydrogens (tertiary/aromatic N) is 2. The summed E-state index contributed by atoms with van der Waals surface area (Å²) in [5.41, 5.74) is 26.5. The van der Waals surface area contributed by atoms with Crippen LogP contribution in [0, 0.1) is 41.5 Å². The van der Waals surface area contributed by atoms with Crippen LogP contribution in [0.3, 0.4) is 0 Å². The molecule has 0 radical (unpaired) electrons. The van der Waals surface area contributed by atoms with Gasteiger partial charge in [-0.3, -0.25) is 0 Å². The molecule has 2 aromatic heterocycles. The molecule has 0 spiro atoms. The Hall–Kier alpha value is -6.91. The van der Waals surface area contributed by atoms with Gasteiger partial charge in [-0.05, 0) is 112 Å². The molecule has 0 fully saturated rings. The molecule has 3 aliphatic rings. The zero-order chi connectivity index (χ0) is 40.3. The Morgan fingerprint density at radius 1 is 0.350 bits per heavy atom. The zero-order valence-electron chi connectivity index (χ0n) is 34.6. The minimum atomic E-state index is -0.00990. The Bertz CT molecular complexity index is 3280. The predicted octanol–water partition coefficient (Wildman–Crippen LogP) is 10.2. The van der Waals surface area contributed by atoms with Crippen molar-refractivity contribution in [3.63, 3.8) is 0 Å². The molecule has 5 heterocycles. The van der Waals surface area contributed by atoms with Gasteiger partial charge < -0.3 is 18.6 Å². The summed E-state index contributed by atoms with van der Waals surface area (Å²) >= 11 is 0. The highest BCUT2D eigenvalue weighted by molar-refractivity contribution is 7.00. The van der Waals surface area contributed by atoms with Crippen LogP contribution in [0.15, 0.2) is 142 Å². The Kier molecular flexibility index (Phi) is 6.72. The van der Waals surface area contributed by atoms with Crippen molar-refractivity contribution in [3.05, 3.63) is 167 Å². The number of hydrogen-bond acceptors (Lipinski definition) is 4. The van der Waals surface area contributed by atoms with E-state index in [-0.39, 0.29) is 13.4 Å². The van der Waals surface area contributed by atoms with Gasteiger partial charge in [-0.25, -0.2) is 0 Å².